The number of sulfonamides is 1. The fraction of sp³-hybridized carbons (Fsp3) is 0.357. The van der Waals surface area contributed by atoms with Gasteiger partial charge in [0.1, 0.15) is 0 Å². The lowest BCUT2D eigenvalue weighted by Gasteiger charge is -2.15. The Hall–Kier alpha value is -1.90. The Labute approximate surface area is 130 Å². The van der Waals surface area contributed by atoms with Crippen LogP contribution in [0.2, 0.25) is 0 Å². The van der Waals surface area contributed by atoms with Gasteiger partial charge in [0, 0.05) is 25.4 Å². The molecule has 0 saturated carbocycles. The summed E-state index contributed by atoms with van der Waals surface area (Å²) in [5.41, 5.74) is 0.209. The van der Waals surface area contributed by atoms with Crippen LogP contribution in [0, 0.1) is 0 Å². The van der Waals surface area contributed by atoms with Crippen LogP contribution < -0.4 is 10.0 Å². The molecule has 0 spiro atoms. The topological polar surface area (TPSA) is 105 Å². The summed E-state index contributed by atoms with van der Waals surface area (Å²) in [6.45, 7) is 5.76. The van der Waals surface area contributed by atoms with Gasteiger partial charge in [-0.15, -0.1) is 6.58 Å². The summed E-state index contributed by atoms with van der Waals surface area (Å²) in [5.74, 6) is -1.21. The lowest BCUT2D eigenvalue weighted by atomic mass is 10.2. The zero-order valence-electron chi connectivity index (χ0n) is 12.5. The van der Waals surface area contributed by atoms with E-state index in [0.29, 0.717) is 12.2 Å². The number of carboxylic acids is 1. The number of carbonyl (C=O) groups is 1. The molecule has 0 aliphatic rings. The van der Waals surface area contributed by atoms with Gasteiger partial charge in [-0.1, -0.05) is 6.08 Å². The molecule has 1 aromatic carbocycles. The number of nitrogens with one attached hydrogen (secondary N) is 2. The summed E-state index contributed by atoms with van der Waals surface area (Å²) in [7, 11) is -2.35. The highest BCUT2D eigenvalue weighted by Gasteiger charge is 2.20. The van der Waals surface area contributed by atoms with Crippen molar-refractivity contribution >= 4 is 21.7 Å². The number of methoxy groups -OCH3 is 1. The Balaban J connectivity index is 3.12. The van der Waals surface area contributed by atoms with Crippen molar-refractivity contribution in [1.82, 2.24) is 4.72 Å². The fourth-order valence-electron chi connectivity index (χ4n) is 1.82. The van der Waals surface area contributed by atoms with E-state index in [1.807, 2.05) is 0 Å². The second-order valence-corrected chi connectivity index (χ2v) is 6.37. The van der Waals surface area contributed by atoms with Crippen molar-refractivity contribution in [3.8, 4) is 0 Å². The second kappa shape index (κ2) is 7.92. The zero-order valence-corrected chi connectivity index (χ0v) is 13.3. The van der Waals surface area contributed by atoms with Gasteiger partial charge in [-0.05, 0) is 25.1 Å². The van der Waals surface area contributed by atoms with E-state index >= 15 is 0 Å². The molecule has 0 bridgehead atoms. The molecule has 0 saturated heterocycles. The fourth-order valence-corrected chi connectivity index (χ4v) is 3.07. The molecule has 7 nitrogen and oxygen atoms in total. The van der Waals surface area contributed by atoms with Crippen LogP contribution in [0.5, 0.6) is 0 Å². The number of aromatic carboxylic acids is 1. The smallest absolute Gasteiger partial charge is 0.337 e. The maximum atomic E-state index is 12.2. The van der Waals surface area contributed by atoms with Crippen molar-refractivity contribution in [2.24, 2.45) is 0 Å². The number of hydrogen-bond donors (Lipinski definition) is 3. The Morgan fingerprint density at radius 2 is 2.18 bits per heavy atom. The number of carboxylic acid groups (broad SMARTS) is 1. The first kappa shape index (κ1) is 18.1. The summed E-state index contributed by atoms with van der Waals surface area (Å²) < 4.78 is 31.7. The second-order valence-electron chi connectivity index (χ2n) is 4.66. The van der Waals surface area contributed by atoms with Gasteiger partial charge >= 0.3 is 5.97 Å². The predicted molar refractivity (Wildman–Crippen MR) is 83.7 cm³/mol. The molecule has 1 atom stereocenters. The average molecular weight is 328 g/mol. The summed E-state index contributed by atoms with van der Waals surface area (Å²) in [5, 5.41) is 12.1. The van der Waals surface area contributed by atoms with Gasteiger partial charge < -0.3 is 15.2 Å². The first-order valence-corrected chi connectivity index (χ1v) is 8.03. The predicted octanol–water partition coefficient (Wildman–Crippen LogP) is 1.30. The number of anilines is 1. The maximum absolute atomic E-state index is 12.2. The quantitative estimate of drug-likeness (QED) is 0.590. The molecule has 0 unspecified atom stereocenters. The van der Waals surface area contributed by atoms with Gasteiger partial charge in [0.15, 0.2) is 0 Å². The van der Waals surface area contributed by atoms with Gasteiger partial charge in [0.05, 0.1) is 17.1 Å². The van der Waals surface area contributed by atoms with Crippen LogP contribution >= 0.6 is 0 Å². The Morgan fingerprint density at radius 1 is 1.50 bits per heavy atom. The van der Waals surface area contributed by atoms with E-state index in [1.165, 1.54) is 19.2 Å². The molecule has 0 aromatic heterocycles. The molecule has 22 heavy (non-hydrogen) atoms. The average Bonchev–Trinajstić information content (AvgIpc) is 2.44. The lowest BCUT2D eigenvalue weighted by Crippen LogP contribution is -2.35. The SMILES string of the molecule is C=CCNc1ccc(S(=O)(=O)N[C@@H](C)COC)cc1C(=O)O. The van der Waals surface area contributed by atoms with Crippen molar-refractivity contribution in [2.45, 2.75) is 17.9 Å². The van der Waals surface area contributed by atoms with Crippen LogP contribution in [0.15, 0.2) is 35.7 Å². The summed E-state index contributed by atoms with van der Waals surface area (Å²) in [6.07, 6.45) is 1.57. The van der Waals surface area contributed by atoms with Crippen LogP contribution in [0.4, 0.5) is 5.69 Å². The van der Waals surface area contributed by atoms with E-state index < -0.39 is 22.0 Å². The molecule has 1 rings (SSSR count). The monoisotopic (exact) mass is 328 g/mol. The van der Waals surface area contributed by atoms with Gasteiger partial charge in [0.25, 0.3) is 0 Å². The highest BCUT2D eigenvalue weighted by Crippen LogP contribution is 2.21. The number of rotatable bonds is 9. The number of hydrogen-bond acceptors (Lipinski definition) is 5. The molecule has 0 aliphatic carbocycles. The van der Waals surface area contributed by atoms with Gasteiger partial charge in [-0.2, -0.15) is 0 Å². The number of benzene rings is 1. The minimum atomic E-state index is -3.82. The largest absolute Gasteiger partial charge is 0.478 e. The van der Waals surface area contributed by atoms with E-state index in [9.17, 15) is 18.3 Å². The standard InChI is InChI=1S/C14H20N2O5S/c1-4-7-15-13-6-5-11(8-12(13)14(17)18)22(19,20)16-10(2)9-21-3/h4-6,8,10,15-16H,1,7,9H2,2-3H3,(H,17,18)/t10-/m0/s1. The van der Waals surface area contributed by atoms with Crippen molar-refractivity contribution < 1.29 is 23.1 Å². The third-order valence-electron chi connectivity index (χ3n) is 2.74. The molecular formula is C14H20N2O5S. The first-order chi connectivity index (χ1) is 10.3. The first-order valence-electron chi connectivity index (χ1n) is 6.55. The van der Waals surface area contributed by atoms with Crippen LogP contribution in [0.1, 0.15) is 17.3 Å². The highest BCUT2D eigenvalue weighted by molar-refractivity contribution is 7.89. The van der Waals surface area contributed by atoms with Crippen LogP contribution in [-0.2, 0) is 14.8 Å². The van der Waals surface area contributed by atoms with E-state index in [2.05, 4.69) is 16.6 Å². The molecule has 0 heterocycles. The Bertz CT molecular complexity index is 643. The highest BCUT2D eigenvalue weighted by atomic mass is 32.2. The minimum Gasteiger partial charge on any atom is -0.478 e. The molecule has 8 heteroatoms. The van der Waals surface area contributed by atoms with E-state index in [0.717, 1.165) is 6.07 Å². The third-order valence-corrected chi connectivity index (χ3v) is 4.33. The molecular weight excluding hydrogens is 308 g/mol. The van der Waals surface area contributed by atoms with Crippen molar-refractivity contribution in [3.05, 3.63) is 36.4 Å². The molecule has 122 valence electrons. The van der Waals surface area contributed by atoms with E-state index in [4.69, 9.17) is 4.74 Å². The van der Waals surface area contributed by atoms with Gasteiger partial charge in [-0.3, -0.25) is 0 Å². The molecule has 1 aromatic rings. The van der Waals surface area contributed by atoms with E-state index in [-0.39, 0.29) is 17.1 Å². The Morgan fingerprint density at radius 3 is 2.73 bits per heavy atom. The molecule has 0 amide bonds. The van der Waals surface area contributed by atoms with Crippen molar-refractivity contribution in [1.29, 1.82) is 0 Å². The molecule has 0 fully saturated rings. The molecule has 0 aliphatic heterocycles. The van der Waals surface area contributed by atoms with Crippen molar-refractivity contribution in [3.63, 3.8) is 0 Å². The summed E-state index contributed by atoms with van der Waals surface area (Å²) in [6, 6.07) is 3.46. The minimum absolute atomic E-state index is 0.114. The summed E-state index contributed by atoms with van der Waals surface area (Å²) >= 11 is 0. The zero-order chi connectivity index (χ0) is 16.8. The van der Waals surface area contributed by atoms with Gasteiger partial charge in [-0.25, -0.2) is 17.9 Å². The Kier molecular flexibility index (Phi) is 6.54. The van der Waals surface area contributed by atoms with E-state index in [1.54, 1.807) is 13.0 Å². The maximum Gasteiger partial charge on any atom is 0.337 e. The molecule has 0 radical (unpaired) electrons. The third kappa shape index (κ3) is 4.83. The van der Waals surface area contributed by atoms with Crippen LogP contribution in [-0.4, -0.2) is 45.8 Å². The molecule has 3 N–H and O–H groups in total. The normalized spacial score (nSPS) is 12.6. The van der Waals surface area contributed by atoms with Crippen molar-refractivity contribution in [2.75, 3.05) is 25.6 Å². The van der Waals surface area contributed by atoms with Crippen LogP contribution in [0.3, 0.4) is 0 Å². The lowest BCUT2D eigenvalue weighted by molar-refractivity contribution is 0.0697. The number of ether oxygens (including phenoxy) is 1. The van der Waals surface area contributed by atoms with Crippen LogP contribution in [0.25, 0.3) is 0 Å². The van der Waals surface area contributed by atoms with Gasteiger partial charge in [0.2, 0.25) is 10.0 Å². The summed E-state index contributed by atoms with van der Waals surface area (Å²) in [4.78, 5) is 11.2.